The lowest BCUT2D eigenvalue weighted by molar-refractivity contribution is -0.384. The molecule has 0 unspecified atom stereocenters. The third kappa shape index (κ3) is 4.50. The largest absolute Gasteiger partial charge is 0.298 e. The Labute approximate surface area is 165 Å². The molecule has 1 amide bonds. The molecule has 3 aromatic rings. The first-order valence-corrected chi connectivity index (χ1v) is 9.54. The number of carbonyl (C=O) groups is 1. The Hall–Kier alpha value is -2.77. The minimum absolute atomic E-state index is 0.0185. The van der Waals surface area contributed by atoms with Gasteiger partial charge in [-0.25, -0.2) is 4.98 Å². The highest BCUT2D eigenvalue weighted by molar-refractivity contribution is 7.14. The number of amides is 1. The Morgan fingerprint density at radius 2 is 2.00 bits per heavy atom. The summed E-state index contributed by atoms with van der Waals surface area (Å²) in [6.07, 6.45) is 2.13. The van der Waals surface area contributed by atoms with Gasteiger partial charge in [0, 0.05) is 23.1 Å². The van der Waals surface area contributed by atoms with E-state index < -0.39 is 10.8 Å². The SMILES string of the molecule is CCCc1ccc(-c2csc(NC(=O)c3ccc([N+](=O)[O-])cc3Cl)n2)cc1. The molecular weight excluding hydrogens is 386 g/mol. The van der Waals surface area contributed by atoms with Gasteiger partial charge in [-0.05, 0) is 18.1 Å². The quantitative estimate of drug-likeness (QED) is 0.431. The van der Waals surface area contributed by atoms with Crippen LogP contribution in [0.2, 0.25) is 5.02 Å². The number of aryl methyl sites for hydroxylation is 1. The molecule has 0 radical (unpaired) electrons. The number of anilines is 1. The van der Waals surface area contributed by atoms with Crippen LogP contribution in [0.3, 0.4) is 0 Å². The van der Waals surface area contributed by atoms with Crippen LogP contribution in [-0.2, 0) is 6.42 Å². The number of hydrogen-bond donors (Lipinski definition) is 1. The molecule has 2 aromatic carbocycles. The molecule has 0 spiro atoms. The van der Waals surface area contributed by atoms with Crippen molar-refractivity contribution >= 4 is 39.7 Å². The average molecular weight is 402 g/mol. The van der Waals surface area contributed by atoms with Gasteiger partial charge in [0.05, 0.1) is 21.2 Å². The standard InChI is InChI=1S/C19H16ClN3O3S/c1-2-3-12-4-6-13(7-5-12)17-11-27-19(21-17)22-18(24)15-9-8-14(23(25)26)10-16(15)20/h4-11H,2-3H2,1H3,(H,21,22,24). The summed E-state index contributed by atoms with van der Waals surface area (Å²) >= 11 is 7.30. The highest BCUT2D eigenvalue weighted by atomic mass is 35.5. The van der Waals surface area contributed by atoms with Crippen molar-refractivity contribution in [3.8, 4) is 11.3 Å². The normalized spacial score (nSPS) is 10.6. The third-order valence-corrected chi connectivity index (χ3v) is 4.99. The second kappa shape index (κ2) is 8.28. The van der Waals surface area contributed by atoms with Gasteiger partial charge < -0.3 is 0 Å². The van der Waals surface area contributed by atoms with Crippen molar-refractivity contribution in [1.29, 1.82) is 0 Å². The Morgan fingerprint density at radius 1 is 1.26 bits per heavy atom. The predicted molar refractivity (Wildman–Crippen MR) is 108 cm³/mol. The van der Waals surface area contributed by atoms with Crippen molar-refractivity contribution < 1.29 is 9.72 Å². The van der Waals surface area contributed by atoms with Crippen LogP contribution < -0.4 is 5.32 Å². The van der Waals surface area contributed by atoms with Gasteiger partial charge in [0.2, 0.25) is 0 Å². The summed E-state index contributed by atoms with van der Waals surface area (Å²) in [5, 5.41) is 15.8. The van der Waals surface area contributed by atoms with E-state index in [0.717, 1.165) is 30.2 Å². The van der Waals surface area contributed by atoms with Crippen LogP contribution >= 0.6 is 22.9 Å². The van der Waals surface area contributed by atoms with Gasteiger partial charge in [-0.3, -0.25) is 20.2 Å². The first-order valence-electron chi connectivity index (χ1n) is 8.28. The highest BCUT2D eigenvalue weighted by Gasteiger charge is 2.16. The number of carbonyl (C=O) groups excluding carboxylic acids is 1. The number of nitro groups is 1. The van der Waals surface area contributed by atoms with Gasteiger partial charge in [-0.2, -0.15) is 0 Å². The molecule has 0 aliphatic carbocycles. The van der Waals surface area contributed by atoms with Gasteiger partial charge in [-0.15, -0.1) is 11.3 Å². The summed E-state index contributed by atoms with van der Waals surface area (Å²) in [6, 6.07) is 11.9. The molecule has 0 aliphatic heterocycles. The summed E-state index contributed by atoms with van der Waals surface area (Å²) in [7, 11) is 0. The first kappa shape index (κ1) is 19.0. The zero-order valence-electron chi connectivity index (χ0n) is 14.4. The van der Waals surface area contributed by atoms with Crippen molar-refractivity contribution in [3.63, 3.8) is 0 Å². The second-order valence-electron chi connectivity index (χ2n) is 5.86. The van der Waals surface area contributed by atoms with Crippen molar-refractivity contribution in [2.75, 3.05) is 5.32 Å². The Kier molecular flexibility index (Phi) is 5.83. The number of non-ortho nitro benzene ring substituents is 1. The van der Waals surface area contributed by atoms with Crippen LogP contribution in [0.15, 0.2) is 47.8 Å². The van der Waals surface area contributed by atoms with Gasteiger partial charge >= 0.3 is 0 Å². The fourth-order valence-corrected chi connectivity index (χ4v) is 3.54. The Morgan fingerprint density at radius 3 is 2.63 bits per heavy atom. The minimum Gasteiger partial charge on any atom is -0.298 e. The zero-order chi connectivity index (χ0) is 19.4. The molecule has 0 bridgehead atoms. The van der Waals surface area contributed by atoms with Gasteiger partial charge in [0.1, 0.15) is 0 Å². The summed E-state index contributed by atoms with van der Waals surface area (Å²) in [5.41, 5.74) is 3.01. The molecule has 1 heterocycles. The molecule has 0 aliphatic rings. The molecule has 6 nitrogen and oxygen atoms in total. The number of nitrogens with one attached hydrogen (secondary N) is 1. The van der Waals surface area contributed by atoms with Crippen molar-refractivity contribution in [2.45, 2.75) is 19.8 Å². The van der Waals surface area contributed by atoms with Crippen LogP contribution in [-0.4, -0.2) is 15.8 Å². The van der Waals surface area contributed by atoms with Gasteiger partial charge in [0.15, 0.2) is 5.13 Å². The predicted octanol–water partition coefficient (Wildman–Crippen LogP) is 5.58. The lowest BCUT2D eigenvalue weighted by Crippen LogP contribution is -2.12. The van der Waals surface area contributed by atoms with Crippen LogP contribution in [0.25, 0.3) is 11.3 Å². The number of halogens is 1. The van der Waals surface area contributed by atoms with Crippen molar-refractivity contribution in [1.82, 2.24) is 4.98 Å². The maximum atomic E-state index is 12.4. The maximum absolute atomic E-state index is 12.4. The topological polar surface area (TPSA) is 85.1 Å². The van der Waals surface area contributed by atoms with E-state index in [-0.39, 0.29) is 16.3 Å². The molecule has 0 saturated carbocycles. The smallest absolute Gasteiger partial charge is 0.270 e. The molecular formula is C19H16ClN3O3S. The van der Waals surface area contributed by atoms with Crippen LogP contribution in [0.5, 0.6) is 0 Å². The number of benzene rings is 2. The molecule has 0 saturated heterocycles. The average Bonchev–Trinajstić information content (AvgIpc) is 3.10. The number of nitro benzene ring substituents is 1. The van der Waals surface area contributed by atoms with Crippen LogP contribution in [0.4, 0.5) is 10.8 Å². The van der Waals surface area contributed by atoms with E-state index in [2.05, 4.69) is 29.4 Å². The van der Waals surface area contributed by atoms with E-state index >= 15 is 0 Å². The van der Waals surface area contributed by atoms with E-state index in [4.69, 9.17) is 11.6 Å². The van der Waals surface area contributed by atoms with E-state index in [0.29, 0.717) is 5.13 Å². The Balaban J connectivity index is 1.73. The van der Waals surface area contributed by atoms with Crippen LogP contribution in [0, 0.1) is 10.1 Å². The summed E-state index contributed by atoms with van der Waals surface area (Å²) in [6.45, 7) is 2.14. The lowest BCUT2D eigenvalue weighted by Gasteiger charge is -2.04. The van der Waals surface area contributed by atoms with Crippen molar-refractivity contribution in [3.05, 3.63) is 74.1 Å². The van der Waals surface area contributed by atoms with Crippen LogP contribution in [0.1, 0.15) is 29.3 Å². The fourth-order valence-electron chi connectivity index (χ4n) is 2.56. The minimum atomic E-state index is -0.563. The first-order chi connectivity index (χ1) is 13.0. The molecule has 138 valence electrons. The van der Waals surface area contributed by atoms with E-state index in [1.54, 1.807) is 0 Å². The van der Waals surface area contributed by atoms with Gasteiger partial charge in [-0.1, -0.05) is 49.2 Å². The van der Waals surface area contributed by atoms with E-state index in [1.165, 1.54) is 29.0 Å². The number of thiazole rings is 1. The summed E-state index contributed by atoms with van der Waals surface area (Å²) < 4.78 is 0. The van der Waals surface area contributed by atoms with E-state index in [9.17, 15) is 14.9 Å². The second-order valence-corrected chi connectivity index (χ2v) is 7.13. The molecule has 0 fully saturated rings. The number of hydrogen-bond acceptors (Lipinski definition) is 5. The van der Waals surface area contributed by atoms with Crippen molar-refractivity contribution in [2.24, 2.45) is 0 Å². The van der Waals surface area contributed by atoms with E-state index in [1.807, 2.05) is 17.5 Å². The number of aromatic nitrogens is 1. The zero-order valence-corrected chi connectivity index (χ0v) is 16.0. The highest BCUT2D eigenvalue weighted by Crippen LogP contribution is 2.27. The number of nitrogens with zero attached hydrogens (tertiary/aromatic N) is 2. The Bertz CT molecular complexity index is 986. The molecule has 3 rings (SSSR count). The molecule has 1 N–H and O–H groups in total. The monoisotopic (exact) mass is 401 g/mol. The third-order valence-electron chi connectivity index (χ3n) is 3.92. The maximum Gasteiger partial charge on any atom is 0.270 e. The summed E-state index contributed by atoms with van der Waals surface area (Å²) in [4.78, 5) is 27.0. The summed E-state index contributed by atoms with van der Waals surface area (Å²) in [5.74, 6) is -0.464. The lowest BCUT2D eigenvalue weighted by atomic mass is 10.1. The fraction of sp³-hybridized carbons (Fsp3) is 0.158. The molecule has 27 heavy (non-hydrogen) atoms. The molecule has 0 atom stereocenters. The molecule has 1 aromatic heterocycles. The number of rotatable bonds is 6. The molecule has 8 heteroatoms. The van der Waals surface area contributed by atoms with Gasteiger partial charge in [0.25, 0.3) is 11.6 Å².